The Morgan fingerprint density at radius 3 is 2.48 bits per heavy atom. The highest BCUT2D eigenvalue weighted by atomic mass is 127. The van der Waals surface area contributed by atoms with Gasteiger partial charge in [-0.2, -0.15) is 0 Å². The van der Waals surface area contributed by atoms with Gasteiger partial charge in [-0.05, 0) is 61.0 Å². The summed E-state index contributed by atoms with van der Waals surface area (Å²) in [6.07, 6.45) is 0. The summed E-state index contributed by atoms with van der Waals surface area (Å²) in [5.41, 5.74) is 1.03. The summed E-state index contributed by atoms with van der Waals surface area (Å²) in [4.78, 5) is 28.8. The van der Waals surface area contributed by atoms with Crippen molar-refractivity contribution in [1.82, 2.24) is 14.4 Å². The number of aromatic nitrogens is 1. The molecule has 1 aromatic carbocycles. The molecule has 1 aliphatic heterocycles. The van der Waals surface area contributed by atoms with Gasteiger partial charge < -0.3 is 19.7 Å². The highest BCUT2D eigenvalue weighted by molar-refractivity contribution is 14.1. The molecule has 0 bridgehead atoms. The van der Waals surface area contributed by atoms with Crippen LogP contribution >= 0.6 is 22.6 Å². The molecular weight excluding hydrogens is 462 g/mol. The molecule has 1 aromatic heterocycles. The van der Waals surface area contributed by atoms with E-state index < -0.39 is 5.82 Å². The third kappa shape index (κ3) is 3.86. The van der Waals surface area contributed by atoms with Crippen LogP contribution in [-0.4, -0.2) is 59.3 Å². The third-order valence-corrected chi connectivity index (χ3v) is 5.56. The summed E-state index contributed by atoms with van der Waals surface area (Å²) in [7, 11) is 5.66. The molecular formula is C19H22FIN4O2. The van der Waals surface area contributed by atoms with Crippen LogP contribution in [0.15, 0.2) is 24.3 Å². The Labute approximate surface area is 171 Å². The summed E-state index contributed by atoms with van der Waals surface area (Å²) < 4.78 is 16.7. The van der Waals surface area contributed by atoms with Crippen LogP contribution in [-0.2, 0) is 7.05 Å². The van der Waals surface area contributed by atoms with Gasteiger partial charge >= 0.3 is 0 Å². The summed E-state index contributed by atoms with van der Waals surface area (Å²) in [5.74, 6) is -0.316. The standard InChI is InChI=1S/C19H22FIN4O2/c1-11(26)17-8-14(19(27)25-9-13(10-25)23(2)3)18(24(17)4)22-16-6-5-12(21)7-15(16)20/h5-8,13,22H,9-10H2,1-4H3. The monoisotopic (exact) mass is 484 g/mol. The number of nitrogens with zero attached hydrogens (tertiary/aromatic N) is 3. The van der Waals surface area contributed by atoms with Crippen molar-refractivity contribution in [1.29, 1.82) is 0 Å². The van der Waals surface area contributed by atoms with Crippen molar-refractivity contribution in [3.05, 3.63) is 44.9 Å². The van der Waals surface area contributed by atoms with Gasteiger partial charge in [0.05, 0.1) is 16.9 Å². The zero-order valence-corrected chi connectivity index (χ0v) is 17.9. The van der Waals surface area contributed by atoms with Crippen LogP contribution in [0.2, 0.25) is 0 Å². The SMILES string of the molecule is CC(=O)c1cc(C(=O)N2CC(N(C)C)C2)c(Nc2ccc(I)cc2F)n1C. The van der Waals surface area contributed by atoms with E-state index in [1.165, 1.54) is 13.0 Å². The molecule has 8 heteroatoms. The average molecular weight is 484 g/mol. The number of carbonyl (C=O) groups excluding carboxylic acids is 2. The number of nitrogens with one attached hydrogen (secondary N) is 1. The van der Waals surface area contributed by atoms with Crippen molar-refractivity contribution >= 4 is 45.8 Å². The lowest BCUT2D eigenvalue weighted by atomic mass is 10.1. The Hall–Kier alpha value is -1.94. The van der Waals surface area contributed by atoms with Gasteiger partial charge in [0, 0.05) is 36.7 Å². The lowest BCUT2D eigenvalue weighted by Crippen LogP contribution is -2.59. The van der Waals surface area contributed by atoms with Crippen molar-refractivity contribution in [3.63, 3.8) is 0 Å². The highest BCUT2D eigenvalue weighted by Crippen LogP contribution is 2.29. The maximum Gasteiger partial charge on any atom is 0.257 e. The van der Waals surface area contributed by atoms with Crippen LogP contribution in [0.1, 0.15) is 27.8 Å². The van der Waals surface area contributed by atoms with E-state index in [2.05, 4.69) is 10.2 Å². The molecule has 0 unspecified atom stereocenters. The fourth-order valence-corrected chi connectivity index (χ4v) is 3.54. The van der Waals surface area contributed by atoms with E-state index in [0.717, 1.165) is 3.57 Å². The Kier molecular flexibility index (Phi) is 5.57. The van der Waals surface area contributed by atoms with E-state index in [-0.39, 0.29) is 17.4 Å². The van der Waals surface area contributed by atoms with Crippen molar-refractivity contribution in [2.45, 2.75) is 13.0 Å². The minimum absolute atomic E-state index is 0.155. The van der Waals surface area contributed by atoms with Gasteiger partial charge in [0.2, 0.25) is 0 Å². The minimum Gasteiger partial charge on any atom is -0.339 e. The topological polar surface area (TPSA) is 57.6 Å². The number of likely N-dealkylation sites (tertiary alicyclic amines) is 1. The molecule has 0 radical (unpaired) electrons. The molecule has 1 amide bonds. The zero-order chi connectivity index (χ0) is 19.9. The summed E-state index contributed by atoms with van der Waals surface area (Å²) in [6.45, 7) is 2.71. The average Bonchev–Trinajstić information content (AvgIpc) is 2.85. The number of hydrogen-bond donors (Lipinski definition) is 1. The first-order valence-electron chi connectivity index (χ1n) is 8.57. The normalized spacial score (nSPS) is 14.4. The highest BCUT2D eigenvalue weighted by Gasteiger charge is 2.34. The van der Waals surface area contributed by atoms with Crippen LogP contribution in [0.25, 0.3) is 0 Å². The Morgan fingerprint density at radius 2 is 1.93 bits per heavy atom. The maximum absolute atomic E-state index is 14.3. The number of ketones is 1. The lowest BCUT2D eigenvalue weighted by molar-refractivity contribution is 0.0400. The number of benzene rings is 1. The van der Waals surface area contributed by atoms with Crippen molar-refractivity contribution in [2.75, 3.05) is 32.5 Å². The van der Waals surface area contributed by atoms with E-state index in [4.69, 9.17) is 0 Å². The number of rotatable bonds is 5. The third-order valence-electron chi connectivity index (χ3n) is 4.89. The fraction of sp³-hybridized carbons (Fsp3) is 0.368. The van der Waals surface area contributed by atoms with Crippen molar-refractivity contribution in [2.24, 2.45) is 7.05 Å². The van der Waals surface area contributed by atoms with Crippen molar-refractivity contribution in [3.8, 4) is 0 Å². The minimum atomic E-state index is -0.414. The van der Waals surface area contributed by atoms with E-state index in [0.29, 0.717) is 36.2 Å². The molecule has 6 nitrogen and oxygen atoms in total. The van der Waals surface area contributed by atoms with Gasteiger partial charge in [-0.3, -0.25) is 9.59 Å². The number of Topliss-reactive ketones (excluding diaryl/α,β-unsaturated/α-hetero) is 1. The second kappa shape index (κ2) is 7.59. The predicted molar refractivity (Wildman–Crippen MR) is 111 cm³/mol. The molecule has 1 fully saturated rings. The smallest absolute Gasteiger partial charge is 0.257 e. The number of halogens is 2. The number of hydrogen-bond acceptors (Lipinski definition) is 4. The first-order valence-corrected chi connectivity index (χ1v) is 9.65. The molecule has 1 aliphatic rings. The number of carbonyl (C=O) groups is 2. The van der Waals surface area contributed by atoms with E-state index in [1.807, 2.05) is 36.7 Å². The second-order valence-electron chi connectivity index (χ2n) is 6.98. The molecule has 2 heterocycles. The number of anilines is 2. The molecule has 2 aromatic rings. The maximum atomic E-state index is 14.3. The number of amides is 1. The van der Waals surface area contributed by atoms with Crippen LogP contribution in [0.4, 0.5) is 15.9 Å². The van der Waals surface area contributed by atoms with Gasteiger partial charge in [0.15, 0.2) is 5.78 Å². The van der Waals surface area contributed by atoms with Gasteiger partial charge in [0.1, 0.15) is 11.6 Å². The van der Waals surface area contributed by atoms with Gasteiger partial charge in [-0.1, -0.05) is 0 Å². The Balaban J connectivity index is 1.95. The molecule has 1 saturated heterocycles. The molecule has 0 atom stereocenters. The quantitative estimate of drug-likeness (QED) is 0.524. The fourth-order valence-electron chi connectivity index (χ4n) is 3.09. The van der Waals surface area contributed by atoms with Crippen LogP contribution in [0.5, 0.6) is 0 Å². The van der Waals surface area contributed by atoms with E-state index in [1.54, 1.807) is 34.7 Å². The van der Waals surface area contributed by atoms with Crippen LogP contribution in [0.3, 0.4) is 0 Å². The zero-order valence-electron chi connectivity index (χ0n) is 15.7. The summed E-state index contributed by atoms with van der Waals surface area (Å²) >= 11 is 2.04. The Morgan fingerprint density at radius 1 is 1.26 bits per heavy atom. The van der Waals surface area contributed by atoms with Gasteiger partial charge in [-0.25, -0.2) is 4.39 Å². The molecule has 3 rings (SSSR count). The van der Waals surface area contributed by atoms with Crippen LogP contribution < -0.4 is 5.32 Å². The molecule has 144 valence electrons. The first kappa shape index (κ1) is 19.8. The van der Waals surface area contributed by atoms with Crippen LogP contribution in [0, 0.1) is 9.39 Å². The first-order chi connectivity index (χ1) is 12.7. The molecule has 0 spiro atoms. The second-order valence-corrected chi connectivity index (χ2v) is 8.23. The molecule has 0 saturated carbocycles. The largest absolute Gasteiger partial charge is 0.339 e. The lowest BCUT2D eigenvalue weighted by Gasteiger charge is -2.42. The summed E-state index contributed by atoms with van der Waals surface area (Å²) in [6, 6.07) is 6.73. The van der Waals surface area contributed by atoms with Gasteiger partial charge in [0.25, 0.3) is 5.91 Å². The summed E-state index contributed by atoms with van der Waals surface area (Å²) in [5, 5.41) is 3.00. The van der Waals surface area contributed by atoms with E-state index in [9.17, 15) is 14.0 Å². The van der Waals surface area contributed by atoms with E-state index >= 15 is 0 Å². The Bertz CT molecular complexity index is 903. The van der Waals surface area contributed by atoms with Crippen molar-refractivity contribution < 1.29 is 14.0 Å². The molecule has 27 heavy (non-hydrogen) atoms. The molecule has 0 aliphatic carbocycles. The number of likely N-dealkylation sites (N-methyl/N-ethyl adjacent to an activating group) is 1. The molecule has 1 N–H and O–H groups in total. The predicted octanol–water partition coefficient (Wildman–Crippen LogP) is 3.10. The van der Waals surface area contributed by atoms with Gasteiger partial charge in [-0.15, -0.1) is 0 Å².